The molecule has 2 heterocycles. The predicted molar refractivity (Wildman–Crippen MR) is 87.9 cm³/mol. The van der Waals surface area contributed by atoms with Crippen molar-refractivity contribution in [1.29, 1.82) is 0 Å². The van der Waals surface area contributed by atoms with E-state index < -0.39 is 0 Å². The van der Waals surface area contributed by atoms with Crippen molar-refractivity contribution in [2.24, 2.45) is 5.73 Å². The maximum Gasteiger partial charge on any atom is 0.237 e. The normalized spacial score (nSPS) is 13.8. The minimum atomic E-state index is -0.0322. The number of nitrogens with one attached hydrogen (secondary N) is 1. The first-order valence-corrected chi connectivity index (χ1v) is 8.02. The van der Waals surface area contributed by atoms with Crippen LogP contribution in [0.2, 0.25) is 0 Å². The molecule has 0 aliphatic carbocycles. The van der Waals surface area contributed by atoms with Crippen molar-refractivity contribution >= 4 is 29.7 Å². The quantitative estimate of drug-likeness (QED) is 0.688. The van der Waals surface area contributed by atoms with Gasteiger partial charge < -0.3 is 15.8 Å². The molecule has 3 N–H and O–H groups in total. The highest BCUT2D eigenvalue weighted by Crippen LogP contribution is 2.27. The molecular formula is C14H19N3OS2. The molecule has 0 amide bonds. The molecule has 0 fully saturated rings. The number of anilines is 1. The number of hydrogen-bond donors (Lipinski definition) is 3. The lowest BCUT2D eigenvalue weighted by atomic mass is 10.2. The second-order valence-corrected chi connectivity index (χ2v) is 5.64. The van der Waals surface area contributed by atoms with Gasteiger partial charge in [-0.3, -0.25) is 0 Å². The molecule has 2 aromatic rings. The maximum absolute atomic E-state index is 5.93. The third-order valence-corrected chi connectivity index (χ3v) is 4.03. The molecule has 108 valence electrons. The molecule has 2 unspecified atom stereocenters. The number of ether oxygens (including phenoxy) is 1. The molecule has 0 aliphatic rings. The van der Waals surface area contributed by atoms with Gasteiger partial charge in [-0.05, 0) is 35.9 Å². The van der Waals surface area contributed by atoms with Crippen LogP contribution < -0.4 is 15.8 Å². The molecule has 0 radical (unpaired) electrons. The van der Waals surface area contributed by atoms with Gasteiger partial charge in [-0.2, -0.15) is 24.0 Å². The van der Waals surface area contributed by atoms with Gasteiger partial charge in [-0.25, -0.2) is 4.98 Å². The minimum Gasteiger partial charge on any atom is -0.468 e. The Labute approximate surface area is 128 Å². The van der Waals surface area contributed by atoms with E-state index in [0.29, 0.717) is 18.2 Å². The molecule has 6 heteroatoms. The Bertz CT molecular complexity index is 519. The highest BCUT2D eigenvalue weighted by Gasteiger charge is 2.12. The van der Waals surface area contributed by atoms with Gasteiger partial charge in [0.2, 0.25) is 5.88 Å². The van der Waals surface area contributed by atoms with Crippen molar-refractivity contribution in [3.05, 3.63) is 40.7 Å². The van der Waals surface area contributed by atoms with Crippen molar-refractivity contribution in [3.8, 4) is 5.88 Å². The number of thiol groups is 1. The van der Waals surface area contributed by atoms with E-state index in [4.69, 9.17) is 10.5 Å². The van der Waals surface area contributed by atoms with Crippen LogP contribution >= 0.6 is 24.0 Å². The number of thiophene rings is 1. The summed E-state index contributed by atoms with van der Waals surface area (Å²) < 4.78 is 5.93. The summed E-state index contributed by atoms with van der Waals surface area (Å²) in [6.45, 7) is 2.65. The smallest absolute Gasteiger partial charge is 0.237 e. The number of nitrogens with two attached hydrogens (primary N) is 1. The van der Waals surface area contributed by atoms with Crippen LogP contribution in [-0.2, 0) is 0 Å². The zero-order chi connectivity index (χ0) is 14.4. The Kier molecular flexibility index (Phi) is 5.70. The number of nitrogens with zero attached hydrogens (tertiary/aromatic N) is 1. The van der Waals surface area contributed by atoms with Crippen LogP contribution in [0.5, 0.6) is 5.88 Å². The molecule has 0 spiro atoms. The highest BCUT2D eigenvalue weighted by molar-refractivity contribution is 7.80. The minimum absolute atomic E-state index is 0.000636. The SMILES string of the molecule is CC(Oc1ncccc1NCC(N)CS)c1ccsc1. The number of hydrogen-bond acceptors (Lipinski definition) is 6. The van der Waals surface area contributed by atoms with Crippen LogP contribution in [0.25, 0.3) is 0 Å². The summed E-state index contributed by atoms with van der Waals surface area (Å²) in [7, 11) is 0. The fourth-order valence-corrected chi connectivity index (χ4v) is 2.54. The van der Waals surface area contributed by atoms with Gasteiger partial charge >= 0.3 is 0 Å². The Morgan fingerprint density at radius 1 is 1.50 bits per heavy atom. The van der Waals surface area contributed by atoms with Crippen molar-refractivity contribution in [3.63, 3.8) is 0 Å². The molecule has 0 saturated carbocycles. The number of pyridine rings is 1. The fourth-order valence-electron chi connectivity index (χ4n) is 1.67. The van der Waals surface area contributed by atoms with Crippen LogP contribution in [0.3, 0.4) is 0 Å². The lowest BCUT2D eigenvalue weighted by molar-refractivity contribution is 0.219. The van der Waals surface area contributed by atoms with E-state index in [1.165, 1.54) is 0 Å². The first-order valence-electron chi connectivity index (χ1n) is 6.44. The van der Waals surface area contributed by atoms with E-state index in [1.807, 2.05) is 24.4 Å². The Morgan fingerprint density at radius 2 is 2.35 bits per heavy atom. The maximum atomic E-state index is 5.93. The Balaban J connectivity index is 2.04. The van der Waals surface area contributed by atoms with E-state index >= 15 is 0 Å². The molecule has 0 aliphatic heterocycles. The van der Waals surface area contributed by atoms with Crippen molar-refractivity contribution < 1.29 is 4.74 Å². The van der Waals surface area contributed by atoms with Gasteiger partial charge in [0.1, 0.15) is 6.10 Å². The zero-order valence-electron chi connectivity index (χ0n) is 11.3. The molecule has 0 bridgehead atoms. The Hall–Kier alpha value is -1.24. The molecule has 2 rings (SSSR count). The third kappa shape index (κ3) is 4.13. The molecular weight excluding hydrogens is 290 g/mol. The van der Waals surface area contributed by atoms with Crippen LogP contribution in [0.15, 0.2) is 35.2 Å². The van der Waals surface area contributed by atoms with E-state index in [2.05, 4.69) is 34.4 Å². The van der Waals surface area contributed by atoms with E-state index in [-0.39, 0.29) is 12.1 Å². The van der Waals surface area contributed by atoms with E-state index in [0.717, 1.165) is 11.3 Å². The first kappa shape index (κ1) is 15.2. The van der Waals surface area contributed by atoms with Crippen LogP contribution in [0.4, 0.5) is 5.69 Å². The molecule has 20 heavy (non-hydrogen) atoms. The molecule has 2 aromatic heterocycles. The molecule has 4 nitrogen and oxygen atoms in total. The van der Waals surface area contributed by atoms with Crippen molar-refractivity contribution in [1.82, 2.24) is 4.98 Å². The summed E-state index contributed by atoms with van der Waals surface area (Å²) in [5.41, 5.74) is 7.86. The van der Waals surface area contributed by atoms with Gasteiger partial charge in [0.25, 0.3) is 0 Å². The molecule has 0 saturated heterocycles. The molecule has 2 atom stereocenters. The van der Waals surface area contributed by atoms with Crippen molar-refractivity contribution in [2.45, 2.75) is 19.1 Å². The summed E-state index contributed by atoms with van der Waals surface area (Å²) in [4.78, 5) is 4.29. The van der Waals surface area contributed by atoms with Gasteiger partial charge in [0.15, 0.2) is 0 Å². The second-order valence-electron chi connectivity index (χ2n) is 4.50. The highest BCUT2D eigenvalue weighted by atomic mass is 32.1. The Morgan fingerprint density at radius 3 is 3.05 bits per heavy atom. The fraction of sp³-hybridized carbons (Fsp3) is 0.357. The average molecular weight is 309 g/mol. The van der Waals surface area contributed by atoms with Crippen LogP contribution in [0.1, 0.15) is 18.6 Å². The predicted octanol–water partition coefficient (Wildman–Crippen LogP) is 2.95. The topological polar surface area (TPSA) is 60.2 Å². The van der Waals surface area contributed by atoms with E-state index in [9.17, 15) is 0 Å². The summed E-state index contributed by atoms with van der Waals surface area (Å²) in [5, 5.41) is 7.38. The van der Waals surface area contributed by atoms with Gasteiger partial charge in [-0.1, -0.05) is 0 Å². The lowest BCUT2D eigenvalue weighted by Gasteiger charge is -2.17. The van der Waals surface area contributed by atoms with Gasteiger partial charge in [0, 0.05) is 30.1 Å². The van der Waals surface area contributed by atoms with Crippen LogP contribution in [-0.4, -0.2) is 23.3 Å². The summed E-state index contributed by atoms with van der Waals surface area (Å²) in [6, 6.07) is 5.87. The first-order chi connectivity index (χ1) is 9.70. The number of rotatable bonds is 7. The van der Waals surface area contributed by atoms with Gasteiger partial charge in [-0.15, -0.1) is 0 Å². The standard InChI is InChI=1S/C14H19N3OS2/c1-10(11-4-6-20-9-11)18-14-13(3-2-5-16-14)17-7-12(15)8-19/h2-6,9-10,12,17,19H,7-8,15H2,1H3. The summed E-state index contributed by atoms with van der Waals surface area (Å²) in [6.07, 6.45) is 1.69. The number of aromatic nitrogens is 1. The monoisotopic (exact) mass is 309 g/mol. The second kappa shape index (κ2) is 7.52. The zero-order valence-corrected chi connectivity index (χ0v) is 13.0. The summed E-state index contributed by atoms with van der Waals surface area (Å²) in [5.74, 6) is 1.23. The van der Waals surface area contributed by atoms with E-state index in [1.54, 1.807) is 17.5 Å². The lowest BCUT2D eigenvalue weighted by Crippen LogP contribution is -2.30. The van der Waals surface area contributed by atoms with Crippen LogP contribution in [0, 0.1) is 0 Å². The largest absolute Gasteiger partial charge is 0.468 e. The third-order valence-electron chi connectivity index (χ3n) is 2.86. The summed E-state index contributed by atoms with van der Waals surface area (Å²) >= 11 is 5.83. The van der Waals surface area contributed by atoms with Gasteiger partial charge in [0.05, 0.1) is 5.69 Å². The average Bonchev–Trinajstić information content (AvgIpc) is 3.00. The van der Waals surface area contributed by atoms with Crippen molar-refractivity contribution in [2.75, 3.05) is 17.6 Å². The molecule has 0 aromatic carbocycles.